The number of hydrogen-bond acceptors (Lipinski definition) is 0. The van der Waals surface area contributed by atoms with Gasteiger partial charge in [0.15, 0.2) is 0 Å². The van der Waals surface area contributed by atoms with Crippen LogP contribution in [0.25, 0.3) is 5.57 Å². The van der Waals surface area contributed by atoms with Crippen molar-refractivity contribution in [2.75, 3.05) is 0 Å². The molecule has 18 heavy (non-hydrogen) atoms. The molecule has 0 amide bonds. The Morgan fingerprint density at radius 3 is 2.28 bits per heavy atom. The van der Waals surface area contributed by atoms with Gasteiger partial charge < -0.3 is 0 Å². The SMILES string of the molecule is C#CC1=C(/C=C\C)Cc2ccccc21.CC.CC. The van der Waals surface area contributed by atoms with Crippen LogP contribution < -0.4 is 0 Å². The van der Waals surface area contributed by atoms with Gasteiger partial charge in [0.05, 0.1) is 0 Å². The third-order valence-electron chi connectivity index (χ3n) is 2.50. The van der Waals surface area contributed by atoms with Crippen LogP contribution in [-0.2, 0) is 6.42 Å². The van der Waals surface area contributed by atoms with Gasteiger partial charge in [-0.25, -0.2) is 0 Å². The van der Waals surface area contributed by atoms with Crippen molar-refractivity contribution in [2.24, 2.45) is 0 Å². The zero-order valence-electron chi connectivity index (χ0n) is 12.2. The second kappa shape index (κ2) is 9.31. The monoisotopic (exact) mass is 240 g/mol. The quantitative estimate of drug-likeness (QED) is 0.587. The van der Waals surface area contributed by atoms with Gasteiger partial charge in [-0.15, -0.1) is 6.42 Å². The predicted molar refractivity (Wildman–Crippen MR) is 83.4 cm³/mol. The molecular formula is C18H24. The maximum atomic E-state index is 5.53. The molecule has 0 saturated carbocycles. The van der Waals surface area contributed by atoms with Gasteiger partial charge in [-0.3, -0.25) is 0 Å². The van der Waals surface area contributed by atoms with E-state index in [9.17, 15) is 0 Å². The lowest BCUT2D eigenvalue weighted by molar-refractivity contribution is 1.24. The van der Waals surface area contributed by atoms with Crippen molar-refractivity contribution in [1.29, 1.82) is 0 Å². The third kappa shape index (κ3) is 3.64. The lowest BCUT2D eigenvalue weighted by Gasteiger charge is -1.97. The van der Waals surface area contributed by atoms with Crippen molar-refractivity contribution in [2.45, 2.75) is 41.0 Å². The summed E-state index contributed by atoms with van der Waals surface area (Å²) in [5, 5.41) is 0. The third-order valence-corrected chi connectivity index (χ3v) is 2.50. The van der Waals surface area contributed by atoms with E-state index in [0.29, 0.717) is 0 Å². The van der Waals surface area contributed by atoms with E-state index in [-0.39, 0.29) is 0 Å². The molecule has 0 spiro atoms. The van der Waals surface area contributed by atoms with E-state index in [1.165, 1.54) is 16.7 Å². The van der Waals surface area contributed by atoms with Crippen LogP contribution in [0.3, 0.4) is 0 Å². The van der Waals surface area contributed by atoms with Crippen LogP contribution in [0.2, 0.25) is 0 Å². The first-order valence-electron chi connectivity index (χ1n) is 6.77. The van der Waals surface area contributed by atoms with Crippen molar-refractivity contribution >= 4 is 5.57 Å². The van der Waals surface area contributed by atoms with Crippen molar-refractivity contribution in [3.63, 3.8) is 0 Å². The minimum absolute atomic E-state index is 0.972. The van der Waals surface area contributed by atoms with Crippen LogP contribution in [0, 0.1) is 12.3 Å². The molecule has 1 aromatic rings. The average Bonchev–Trinajstić information content (AvgIpc) is 2.81. The highest BCUT2D eigenvalue weighted by atomic mass is 14.2. The maximum absolute atomic E-state index is 5.53. The number of terminal acetylenes is 1. The Labute approximate surface area is 112 Å². The summed E-state index contributed by atoms with van der Waals surface area (Å²) in [6.45, 7) is 10.0. The van der Waals surface area contributed by atoms with Crippen molar-refractivity contribution in [3.05, 3.63) is 53.1 Å². The van der Waals surface area contributed by atoms with Crippen LogP contribution in [0.1, 0.15) is 45.7 Å². The number of benzene rings is 1. The average molecular weight is 240 g/mol. The smallest absolute Gasteiger partial charge is 0.0353 e. The fourth-order valence-corrected chi connectivity index (χ4v) is 1.90. The van der Waals surface area contributed by atoms with Crippen LogP contribution >= 0.6 is 0 Å². The van der Waals surface area contributed by atoms with E-state index in [1.54, 1.807) is 0 Å². The summed E-state index contributed by atoms with van der Waals surface area (Å²) in [5.74, 6) is 2.78. The molecule has 0 heterocycles. The van der Waals surface area contributed by atoms with E-state index in [1.807, 2.05) is 46.8 Å². The highest BCUT2D eigenvalue weighted by molar-refractivity contribution is 5.87. The molecule has 0 aromatic heterocycles. The van der Waals surface area contributed by atoms with Gasteiger partial charge >= 0.3 is 0 Å². The molecule has 2 rings (SSSR count). The van der Waals surface area contributed by atoms with Gasteiger partial charge in [-0.05, 0) is 30.0 Å². The maximum Gasteiger partial charge on any atom is 0.0353 e. The predicted octanol–water partition coefficient (Wildman–Crippen LogP) is 5.26. The number of fused-ring (bicyclic) bond motifs is 1. The minimum Gasteiger partial charge on any atom is -0.115 e. The molecule has 96 valence electrons. The molecule has 0 radical (unpaired) electrons. The van der Waals surface area contributed by atoms with Crippen LogP contribution in [0.4, 0.5) is 0 Å². The molecule has 0 fully saturated rings. The zero-order valence-corrected chi connectivity index (χ0v) is 12.2. The molecule has 0 unspecified atom stereocenters. The lowest BCUT2D eigenvalue weighted by atomic mass is 10.1. The van der Waals surface area contributed by atoms with E-state index in [0.717, 1.165) is 12.0 Å². The summed E-state index contributed by atoms with van der Waals surface area (Å²) in [6, 6.07) is 8.34. The fraction of sp³-hybridized carbons (Fsp3) is 0.333. The Bertz CT molecular complexity index is 453. The summed E-state index contributed by atoms with van der Waals surface area (Å²) >= 11 is 0. The van der Waals surface area contributed by atoms with Gasteiger partial charge in [-0.1, -0.05) is 70.0 Å². The van der Waals surface area contributed by atoms with Gasteiger partial charge in [0.25, 0.3) is 0 Å². The summed E-state index contributed by atoms with van der Waals surface area (Å²) in [5.41, 5.74) is 4.88. The number of hydrogen-bond donors (Lipinski definition) is 0. The summed E-state index contributed by atoms with van der Waals surface area (Å²) < 4.78 is 0. The first-order chi connectivity index (χ1) is 8.86. The molecule has 0 heteroatoms. The summed E-state index contributed by atoms with van der Waals surface area (Å²) in [7, 11) is 0. The molecule has 0 bridgehead atoms. The van der Waals surface area contributed by atoms with E-state index in [2.05, 4.69) is 30.2 Å². The van der Waals surface area contributed by atoms with Gasteiger partial charge in [-0.2, -0.15) is 0 Å². The Hall–Kier alpha value is -1.74. The Morgan fingerprint density at radius 2 is 1.72 bits per heavy atom. The molecule has 0 saturated heterocycles. The highest BCUT2D eigenvalue weighted by Gasteiger charge is 2.17. The van der Waals surface area contributed by atoms with Crippen molar-refractivity contribution < 1.29 is 0 Å². The highest BCUT2D eigenvalue weighted by Crippen LogP contribution is 2.32. The van der Waals surface area contributed by atoms with Crippen molar-refractivity contribution in [3.8, 4) is 12.3 Å². The molecule has 0 N–H and O–H groups in total. The minimum atomic E-state index is 0.972. The standard InChI is InChI=1S/C14H12.2C2H6/c1-3-7-11-10-12-8-5-6-9-14(12)13(11)4-2;2*1-2/h2-3,5-9H,10H2,1H3;2*1-2H3/b7-3-;;. The van der Waals surface area contributed by atoms with Crippen LogP contribution in [-0.4, -0.2) is 0 Å². The number of rotatable bonds is 1. The summed E-state index contributed by atoms with van der Waals surface area (Å²) in [4.78, 5) is 0. The molecule has 0 aliphatic heterocycles. The lowest BCUT2D eigenvalue weighted by Crippen LogP contribution is -1.80. The molecular weight excluding hydrogens is 216 g/mol. The fourth-order valence-electron chi connectivity index (χ4n) is 1.90. The van der Waals surface area contributed by atoms with Gasteiger partial charge in [0.2, 0.25) is 0 Å². The van der Waals surface area contributed by atoms with Gasteiger partial charge in [0, 0.05) is 5.57 Å². The molecule has 0 atom stereocenters. The molecule has 1 aliphatic rings. The second-order valence-electron chi connectivity index (χ2n) is 3.38. The molecule has 1 aromatic carbocycles. The van der Waals surface area contributed by atoms with E-state index >= 15 is 0 Å². The molecule has 1 aliphatic carbocycles. The molecule has 0 nitrogen and oxygen atoms in total. The zero-order chi connectivity index (χ0) is 14.0. The second-order valence-corrected chi connectivity index (χ2v) is 3.38. The van der Waals surface area contributed by atoms with E-state index < -0.39 is 0 Å². The van der Waals surface area contributed by atoms with Crippen molar-refractivity contribution in [1.82, 2.24) is 0 Å². The van der Waals surface area contributed by atoms with Gasteiger partial charge in [0.1, 0.15) is 0 Å². The first kappa shape index (κ1) is 16.3. The van der Waals surface area contributed by atoms with Crippen LogP contribution in [0.5, 0.6) is 0 Å². The Kier molecular flexibility index (Phi) is 8.41. The Balaban J connectivity index is 0.000000659. The number of allylic oxidation sites excluding steroid dienone is 4. The topological polar surface area (TPSA) is 0 Å². The Morgan fingerprint density at radius 1 is 1.11 bits per heavy atom. The van der Waals surface area contributed by atoms with E-state index in [4.69, 9.17) is 6.42 Å². The van der Waals surface area contributed by atoms with Crippen LogP contribution in [0.15, 0.2) is 42.0 Å². The first-order valence-corrected chi connectivity index (χ1v) is 6.77. The normalized spacial score (nSPS) is 12.0. The summed E-state index contributed by atoms with van der Waals surface area (Å²) in [6.07, 6.45) is 10.6. The largest absolute Gasteiger partial charge is 0.115 e.